The van der Waals surface area contributed by atoms with Crippen LogP contribution in [0.1, 0.15) is 30.1 Å². The molecule has 0 fully saturated rings. The monoisotopic (exact) mass is 318 g/mol. The van der Waals surface area contributed by atoms with E-state index in [1.54, 1.807) is 0 Å². The first-order valence-corrected chi connectivity index (χ1v) is 7.71. The quantitative estimate of drug-likeness (QED) is 0.685. The summed E-state index contributed by atoms with van der Waals surface area (Å²) in [5.41, 5.74) is 2.54. The molecular formula is C17H19BrO. The van der Waals surface area contributed by atoms with Crippen LogP contribution in [-0.2, 0) is 4.74 Å². The molecule has 0 aliphatic rings. The third-order valence-corrected chi connectivity index (χ3v) is 4.06. The van der Waals surface area contributed by atoms with Gasteiger partial charge in [-0.05, 0) is 18.1 Å². The van der Waals surface area contributed by atoms with Crippen molar-refractivity contribution >= 4 is 15.9 Å². The van der Waals surface area contributed by atoms with Gasteiger partial charge in [0.2, 0.25) is 0 Å². The van der Waals surface area contributed by atoms with Crippen LogP contribution in [0.15, 0.2) is 60.7 Å². The average molecular weight is 319 g/mol. The Morgan fingerprint density at radius 1 is 0.895 bits per heavy atom. The van der Waals surface area contributed by atoms with Crippen molar-refractivity contribution in [2.75, 3.05) is 11.9 Å². The van der Waals surface area contributed by atoms with Crippen LogP contribution in [0, 0.1) is 0 Å². The molecule has 2 rings (SSSR count). The summed E-state index contributed by atoms with van der Waals surface area (Å²) < 4.78 is 6.01. The van der Waals surface area contributed by atoms with Gasteiger partial charge in [-0.1, -0.05) is 76.6 Å². The highest BCUT2D eigenvalue weighted by molar-refractivity contribution is 9.09. The van der Waals surface area contributed by atoms with Crippen LogP contribution in [0.3, 0.4) is 0 Å². The zero-order chi connectivity index (χ0) is 13.5. The lowest BCUT2D eigenvalue weighted by Gasteiger charge is -2.19. The van der Waals surface area contributed by atoms with Gasteiger partial charge in [-0.15, -0.1) is 0 Å². The van der Waals surface area contributed by atoms with E-state index >= 15 is 0 Å². The molecule has 0 saturated heterocycles. The molecule has 0 N–H and O–H groups in total. The molecule has 19 heavy (non-hydrogen) atoms. The lowest BCUT2D eigenvalue weighted by Crippen LogP contribution is -2.11. The molecule has 1 nitrogen and oxygen atoms in total. The second-order valence-electron chi connectivity index (χ2n) is 4.65. The van der Waals surface area contributed by atoms with Gasteiger partial charge in [0.1, 0.15) is 0 Å². The fourth-order valence-corrected chi connectivity index (χ4v) is 2.60. The highest BCUT2D eigenvalue weighted by Gasteiger charge is 2.13. The summed E-state index contributed by atoms with van der Waals surface area (Å²) in [6, 6.07) is 20.8. The van der Waals surface area contributed by atoms with Crippen LogP contribution in [0.25, 0.3) is 0 Å². The van der Waals surface area contributed by atoms with Gasteiger partial charge < -0.3 is 4.74 Å². The Morgan fingerprint density at radius 3 is 1.95 bits per heavy atom. The fraction of sp³-hybridized carbons (Fsp3) is 0.294. The average Bonchev–Trinajstić information content (AvgIpc) is 2.49. The SMILES string of the molecule is CC(OCC(CBr)c1ccccc1)c1ccccc1. The van der Waals surface area contributed by atoms with Crippen molar-refractivity contribution in [1.82, 2.24) is 0 Å². The molecule has 2 atom stereocenters. The minimum atomic E-state index is 0.131. The summed E-state index contributed by atoms with van der Waals surface area (Å²) in [4.78, 5) is 0. The number of alkyl halides is 1. The van der Waals surface area contributed by atoms with Crippen molar-refractivity contribution < 1.29 is 4.74 Å². The second-order valence-corrected chi connectivity index (χ2v) is 5.30. The molecule has 0 aliphatic carbocycles. The molecular weight excluding hydrogens is 300 g/mol. The molecule has 0 aromatic heterocycles. The maximum atomic E-state index is 6.01. The van der Waals surface area contributed by atoms with Gasteiger partial charge in [0, 0.05) is 11.2 Å². The second kappa shape index (κ2) is 7.46. The van der Waals surface area contributed by atoms with Gasteiger partial charge in [-0.2, -0.15) is 0 Å². The molecule has 0 heterocycles. The van der Waals surface area contributed by atoms with Crippen LogP contribution < -0.4 is 0 Å². The summed E-state index contributed by atoms with van der Waals surface area (Å²) in [5, 5.41) is 0.915. The van der Waals surface area contributed by atoms with Crippen LogP contribution in [-0.4, -0.2) is 11.9 Å². The smallest absolute Gasteiger partial charge is 0.0797 e. The zero-order valence-corrected chi connectivity index (χ0v) is 12.7. The normalized spacial score (nSPS) is 14.0. The predicted octanol–water partition coefficient (Wildman–Crippen LogP) is 4.94. The Hall–Kier alpha value is -1.12. The van der Waals surface area contributed by atoms with Crippen molar-refractivity contribution in [3.63, 3.8) is 0 Å². The molecule has 0 spiro atoms. The summed E-state index contributed by atoms with van der Waals surface area (Å²) in [5.74, 6) is 0.396. The van der Waals surface area contributed by atoms with Gasteiger partial charge in [-0.3, -0.25) is 0 Å². The minimum absolute atomic E-state index is 0.131. The predicted molar refractivity (Wildman–Crippen MR) is 83.8 cm³/mol. The van der Waals surface area contributed by atoms with E-state index in [0.717, 1.165) is 11.9 Å². The Balaban J connectivity index is 1.94. The van der Waals surface area contributed by atoms with Crippen LogP contribution in [0.2, 0.25) is 0 Å². The van der Waals surface area contributed by atoms with Crippen LogP contribution in [0.5, 0.6) is 0 Å². The van der Waals surface area contributed by atoms with Gasteiger partial charge in [0.05, 0.1) is 12.7 Å². The number of hydrogen-bond acceptors (Lipinski definition) is 1. The zero-order valence-electron chi connectivity index (χ0n) is 11.1. The number of hydrogen-bond donors (Lipinski definition) is 0. The maximum absolute atomic E-state index is 6.01. The minimum Gasteiger partial charge on any atom is -0.373 e. The van der Waals surface area contributed by atoms with E-state index in [0.29, 0.717) is 5.92 Å². The van der Waals surface area contributed by atoms with Gasteiger partial charge in [-0.25, -0.2) is 0 Å². The summed E-state index contributed by atoms with van der Waals surface area (Å²) in [6.07, 6.45) is 0.131. The van der Waals surface area contributed by atoms with Crippen molar-refractivity contribution in [1.29, 1.82) is 0 Å². The van der Waals surface area contributed by atoms with Gasteiger partial charge in [0.25, 0.3) is 0 Å². The van der Waals surface area contributed by atoms with Crippen molar-refractivity contribution in [3.8, 4) is 0 Å². The lowest BCUT2D eigenvalue weighted by atomic mass is 10.0. The Bertz CT molecular complexity index is 469. The first-order chi connectivity index (χ1) is 9.31. The number of ether oxygens (including phenoxy) is 1. The third-order valence-electron chi connectivity index (χ3n) is 3.27. The number of benzene rings is 2. The first kappa shape index (κ1) is 14.3. The van der Waals surface area contributed by atoms with Crippen LogP contribution >= 0.6 is 15.9 Å². The molecule has 2 aromatic rings. The molecule has 0 bridgehead atoms. The van der Waals surface area contributed by atoms with Gasteiger partial charge >= 0.3 is 0 Å². The molecule has 2 unspecified atom stereocenters. The fourth-order valence-electron chi connectivity index (χ4n) is 2.04. The lowest BCUT2D eigenvalue weighted by molar-refractivity contribution is 0.0583. The van der Waals surface area contributed by atoms with Gasteiger partial charge in [0.15, 0.2) is 0 Å². The molecule has 0 amide bonds. The van der Waals surface area contributed by atoms with Crippen molar-refractivity contribution in [2.24, 2.45) is 0 Å². The number of halogens is 1. The van der Waals surface area contributed by atoms with E-state index in [4.69, 9.17) is 4.74 Å². The maximum Gasteiger partial charge on any atom is 0.0797 e. The Labute approximate surface area is 123 Å². The number of rotatable bonds is 6. The molecule has 0 saturated carbocycles. The van der Waals surface area contributed by atoms with E-state index in [-0.39, 0.29) is 6.10 Å². The highest BCUT2D eigenvalue weighted by atomic mass is 79.9. The van der Waals surface area contributed by atoms with E-state index in [1.165, 1.54) is 11.1 Å². The standard InChI is InChI=1S/C17H19BrO/c1-14(15-8-4-2-5-9-15)19-13-17(12-18)16-10-6-3-7-11-16/h2-11,14,17H,12-13H2,1H3. The van der Waals surface area contributed by atoms with Crippen LogP contribution in [0.4, 0.5) is 0 Å². The topological polar surface area (TPSA) is 9.23 Å². The van der Waals surface area contributed by atoms with Crippen molar-refractivity contribution in [2.45, 2.75) is 18.9 Å². The molecule has 2 aromatic carbocycles. The summed E-state index contributed by atoms with van der Waals surface area (Å²) in [6.45, 7) is 2.83. The molecule has 100 valence electrons. The molecule has 0 aliphatic heterocycles. The molecule has 2 heteroatoms. The first-order valence-electron chi connectivity index (χ1n) is 6.58. The van der Waals surface area contributed by atoms with E-state index < -0.39 is 0 Å². The van der Waals surface area contributed by atoms with E-state index in [9.17, 15) is 0 Å². The third kappa shape index (κ3) is 4.19. The van der Waals surface area contributed by atoms with Crippen molar-refractivity contribution in [3.05, 3.63) is 71.8 Å². The highest BCUT2D eigenvalue weighted by Crippen LogP contribution is 2.23. The van der Waals surface area contributed by atoms with E-state index in [2.05, 4.69) is 59.3 Å². The molecule has 0 radical (unpaired) electrons. The Morgan fingerprint density at radius 2 is 1.42 bits per heavy atom. The van der Waals surface area contributed by atoms with E-state index in [1.807, 2.05) is 24.3 Å². The summed E-state index contributed by atoms with van der Waals surface area (Å²) >= 11 is 3.58. The largest absolute Gasteiger partial charge is 0.373 e. The Kier molecular flexibility index (Phi) is 5.62. The summed E-state index contributed by atoms with van der Waals surface area (Å²) in [7, 11) is 0.